The lowest BCUT2D eigenvalue weighted by molar-refractivity contribution is -0.153. The Hall–Kier alpha value is -1.26. The Labute approximate surface area is 84.9 Å². The first kappa shape index (κ1) is 12.7. The highest BCUT2D eigenvalue weighted by atomic mass is 16.6. The SMILES string of the molecule is CN=C(NC)NCC(=O)OC(C)(C)C. The van der Waals surface area contributed by atoms with E-state index in [9.17, 15) is 4.79 Å². The smallest absolute Gasteiger partial charge is 0.325 e. The van der Waals surface area contributed by atoms with Crippen molar-refractivity contribution in [1.29, 1.82) is 0 Å². The van der Waals surface area contributed by atoms with Crippen LogP contribution in [-0.2, 0) is 9.53 Å². The minimum atomic E-state index is -0.443. The van der Waals surface area contributed by atoms with Gasteiger partial charge in [0.15, 0.2) is 5.96 Å². The third kappa shape index (κ3) is 6.28. The number of nitrogens with one attached hydrogen (secondary N) is 2. The first-order valence-corrected chi connectivity index (χ1v) is 4.49. The molecular weight excluding hydrogens is 182 g/mol. The molecule has 0 saturated heterocycles. The van der Waals surface area contributed by atoms with E-state index in [1.807, 2.05) is 20.8 Å². The van der Waals surface area contributed by atoms with Gasteiger partial charge in [0.25, 0.3) is 0 Å². The second-order valence-electron chi connectivity index (χ2n) is 3.76. The molecule has 2 N–H and O–H groups in total. The van der Waals surface area contributed by atoms with Crippen molar-refractivity contribution in [2.24, 2.45) is 4.99 Å². The summed E-state index contributed by atoms with van der Waals surface area (Å²) in [4.78, 5) is 15.1. The molecule has 82 valence electrons. The number of esters is 1. The van der Waals surface area contributed by atoms with E-state index in [0.717, 1.165) is 0 Å². The highest BCUT2D eigenvalue weighted by molar-refractivity contribution is 5.84. The molecule has 14 heavy (non-hydrogen) atoms. The molecule has 5 nitrogen and oxygen atoms in total. The van der Waals surface area contributed by atoms with Crippen LogP contribution in [0.5, 0.6) is 0 Å². The predicted molar refractivity (Wildman–Crippen MR) is 56.3 cm³/mol. The minimum absolute atomic E-state index is 0.116. The number of aliphatic imine (C=N–C) groups is 1. The second kappa shape index (κ2) is 5.47. The molecule has 5 heteroatoms. The van der Waals surface area contributed by atoms with Gasteiger partial charge in [0.1, 0.15) is 12.1 Å². The Morgan fingerprint density at radius 1 is 1.43 bits per heavy atom. The Balaban J connectivity index is 3.86. The predicted octanol–water partition coefficient (Wildman–Crippen LogP) is 0.123. The van der Waals surface area contributed by atoms with Crippen molar-refractivity contribution in [2.45, 2.75) is 26.4 Å². The van der Waals surface area contributed by atoms with Gasteiger partial charge in [-0.05, 0) is 20.8 Å². The summed E-state index contributed by atoms with van der Waals surface area (Å²) in [6.07, 6.45) is 0. The van der Waals surface area contributed by atoms with Crippen LogP contribution in [0.3, 0.4) is 0 Å². The summed E-state index contributed by atoms with van der Waals surface area (Å²) in [5.41, 5.74) is -0.443. The molecule has 0 aliphatic rings. The van der Waals surface area contributed by atoms with Crippen LogP contribution in [0.4, 0.5) is 0 Å². The van der Waals surface area contributed by atoms with Crippen molar-refractivity contribution in [3.63, 3.8) is 0 Å². The topological polar surface area (TPSA) is 62.7 Å². The molecule has 0 aliphatic heterocycles. The third-order valence-corrected chi connectivity index (χ3v) is 1.28. The highest BCUT2D eigenvalue weighted by Crippen LogP contribution is 2.05. The first-order valence-electron chi connectivity index (χ1n) is 4.49. The number of carbonyl (C=O) groups is 1. The van der Waals surface area contributed by atoms with Crippen molar-refractivity contribution in [3.05, 3.63) is 0 Å². The molecule has 0 aliphatic carbocycles. The molecule has 0 aromatic heterocycles. The summed E-state index contributed by atoms with van der Waals surface area (Å²) in [7, 11) is 3.36. The summed E-state index contributed by atoms with van der Waals surface area (Å²) >= 11 is 0. The molecule has 0 unspecified atom stereocenters. The highest BCUT2D eigenvalue weighted by Gasteiger charge is 2.15. The number of hydrogen-bond acceptors (Lipinski definition) is 3. The zero-order valence-corrected chi connectivity index (χ0v) is 9.47. The number of nitrogens with zero attached hydrogens (tertiary/aromatic N) is 1. The van der Waals surface area contributed by atoms with Crippen LogP contribution >= 0.6 is 0 Å². The average Bonchev–Trinajstić information content (AvgIpc) is 2.03. The van der Waals surface area contributed by atoms with Crippen LogP contribution in [0.25, 0.3) is 0 Å². The van der Waals surface area contributed by atoms with E-state index in [4.69, 9.17) is 4.74 Å². The van der Waals surface area contributed by atoms with Gasteiger partial charge in [-0.2, -0.15) is 0 Å². The van der Waals surface area contributed by atoms with Gasteiger partial charge in [-0.15, -0.1) is 0 Å². The van der Waals surface area contributed by atoms with Gasteiger partial charge in [0, 0.05) is 14.1 Å². The number of carbonyl (C=O) groups excluding carboxylic acids is 1. The summed E-state index contributed by atoms with van der Waals surface area (Å²) in [5.74, 6) is 0.268. The lowest BCUT2D eigenvalue weighted by atomic mass is 10.2. The van der Waals surface area contributed by atoms with Crippen LogP contribution in [0.1, 0.15) is 20.8 Å². The number of rotatable bonds is 2. The maximum atomic E-state index is 11.2. The van der Waals surface area contributed by atoms with Crippen molar-refractivity contribution < 1.29 is 9.53 Å². The molecule has 0 fully saturated rings. The molecule has 0 saturated carbocycles. The van der Waals surface area contributed by atoms with Crippen molar-refractivity contribution in [3.8, 4) is 0 Å². The van der Waals surface area contributed by atoms with Crippen LogP contribution in [0.2, 0.25) is 0 Å². The minimum Gasteiger partial charge on any atom is -0.459 e. The van der Waals surface area contributed by atoms with Gasteiger partial charge in [-0.3, -0.25) is 9.79 Å². The van der Waals surface area contributed by atoms with E-state index in [-0.39, 0.29) is 12.5 Å². The summed E-state index contributed by atoms with van der Waals surface area (Å²) in [6.45, 7) is 5.61. The van der Waals surface area contributed by atoms with Gasteiger partial charge in [0.2, 0.25) is 0 Å². The zero-order valence-electron chi connectivity index (χ0n) is 9.47. The molecule has 0 atom stereocenters. The number of guanidine groups is 1. The summed E-state index contributed by atoms with van der Waals surface area (Å²) in [6, 6.07) is 0. The van der Waals surface area contributed by atoms with Crippen LogP contribution in [-0.4, -0.2) is 38.2 Å². The summed E-state index contributed by atoms with van der Waals surface area (Å²) < 4.78 is 5.09. The van der Waals surface area contributed by atoms with Crippen molar-refractivity contribution in [2.75, 3.05) is 20.6 Å². The van der Waals surface area contributed by atoms with Gasteiger partial charge >= 0.3 is 5.97 Å². The van der Waals surface area contributed by atoms with Crippen LogP contribution in [0.15, 0.2) is 4.99 Å². The Morgan fingerprint density at radius 2 is 2.00 bits per heavy atom. The Morgan fingerprint density at radius 3 is 2.36 bits per heavy atom. The molecule has 0 aromatic carbocycles. The van der Waals surface area contributed by atoms with E-state index in [2.05, 4.69) is 15.6 Å². The fourth-order valence-corrected chi connectivity index (χ4v) is 0.813. The molecule has 0 radical (unpaired) electrons. The molecule has 0 aromatic rings. The molecule has 0 amide bonds. The lowest BCUT2D eigenvalue weighted by Gasteiger charge is -2.19. The van der Waals surface area contributed by atoms with Gasteiger partial charge in [-0.25, -0.2) is 0 Å². The van der Waals surface area contributed by atoms with E-state index >= 15 is 0 Å². The van der Waals surface area contributed by atoms with Crippen LogP contribution in [0, 0.1) is 0 Å². The average molecular weight is 201 g/mol. The third-order valence-electron chi connectivity index (χ3n) is 1.28. The molecule has 0 heterocycles. The first-order chi connectivity index (χ1) is 6.39. The van der Waals surface area contributed by atoms with E-state index in [0.29, 0.717) is 5.96 Å². The molecular formula is C9H19N3O2. The molecule has 0 rings (SSSR count). The van der Waals surface area contributed by atoms with Gasteiger partial charge in [-0.1, -0.05) is 0 Å². The molecule has 0 bridgehead atoms. The van der Waals surface area contributed by atoms with E-state index < -0.39 is 5.60 Å². The largest absolute Gasteiger partial charge is 0.459 e. The van der Waals surface area contributed by atoms with Gasteiger partial charge < -0.3 is 15.4 Å². The quantitative estimate of drug-likeness (QED) is 0.378. The second-order valence-corrected chi connectivity index (χ2v) is 3.76. The Bertz CT molecular complexity index is 219. The fourth-order valence-electron chi connectivity index (χ4n) is 0.813. The Kier molecular flexibility index (Phi) is 4.97. The zero-order chi connectivity index (χ0) is 11.2. The van der Waals surface area contributed by atoms with Crippen LogP contribution < -0.4 is 10.6 Å². The monoisotopic (exact) mass is 201 g/mol. The standard InChI is InChI=1S/C9H19N3O2/c1-9(2,3)14-7(13)6-12-8(10-4)11-5/h6H2,1-5H3,(H2,10,11,12). The maximum absolute atomic E-state index is 11.2. The van der Waals surface area contributed by atoms with Crippen molar-refractivity contribution in [1.82, 2.24) is 10.6 Å². The lowest BCUT2D eigenvalue weighted by Crippen LogP contribution is -2.40. The van der Waals surface area contributed by atoms with Gasteiger partial charge in [0.05, 0.1) is 0 Å². The van der Waals surface area contributed by atoms with Crippen molar-refractivity contribution >= 4 is 11.9 Å². The maximum Gasteiger partial charge on any atom is 0.325 e. The normalized spacial score (nSPS) is 12.2. The van der Waals surface area contributed by atoms with E-state index in [1.165, 1.54) is 0 Å². The fraction of sp³-hybridized carbons (Fsp3) is 0.778. The number of ether oxygens (including phenoxy) is 1. The summed E-state index contributed by atoms with van der Waals surface area (Å²) in [5, 5.41) is 5.61. The van der Waals surface area contributed by atoms with E-state index in [1.54, 1.807) is 14.1 Å². The molecule has 0 spiro atoms. The number of hydrogen-bond donors (Lipinski definition) is 2.